The maximum Gasteiger partial charge on any atom is 0.148 e. The second-order valence-corrected chi connectivity index (χ2v) is 14.7. The maximum atomic E-state index is 9.17. The first kappa shape index (κ1) is 14.8. The molecule has 0 aliphatic rings. The van der Waals surface area contributed by atoms with E-state index in [4.69, 9.17) is 0 Å². The zero-order chi connectivity index (χ0) is 13.3. The zero-order valence-electron chi connectivity index (χ0n) is 11.6. The van der Waals surface area contributed by atoms with Crippen LogP contribution in [-0.2, 0) is 6.61 Å². The molecule has 0 amide bonds. The molecule has 1 N–H and O–H groups in total. The Morgan fingerprint density at radius 2 is 1.65 bits per heavy atom. The largest absolute Gasteiger partial charge is 0.390 e. The molecule has 100 valence electrons. The fraction of sp³-hybridized carbons (Fsp3) is 0.667. The van der Waals surface area contributed by atoms with Crippen molar-refractivity contribution in [2.75, 3.05) is 37.5 Å². The fourth-order valence-corrected chi connectivity index (χ4v) is 10.5. The third kappa shape index (κ3) is 3.86. The van der Waals surface area contributed by atoms with Crippen molar-refractivity contribution < 1.29 is 5.11 Å². The third-order valence-corrected chi connectivity index (χ3v) is 8.84. The lowest BCUT2D eigenvalue weighted by atomic mass is 10.4. The first-order valence-corrected chi connectivity index (χ1v) is 11.3. The molecule has 0 atom stereocenters. The van der Waals surface area contributed by atoms with E-state index in [9.17, 15) is 5.11 Å². The second-order valence-electron chi connectivity index (χ2n) is 5.76. The summed E-state index contributed by atoms with van der Waals surface area (Å²) in [6, 6.07) is 1.77. The Balaban J connectivity index is 3.23. The van der Waals surface area contributed by atoms with Crippen molar-refractivity contribution in [3.63, 3.8) is 0 Å². The van der Waals surface area contributed by atoms with Gasteiger partial charge in [0.05, 0.1) is 16.9 Å². The average molecular weight is 276 g/mol. The van der Waals surface area contributed by atoms with Crippen LogP contribution >= 0.6 is 20.1 Å². The van der Waals surface area contributed by atoms with Gasteiger partial charge >= 0.3 is 0 Å². The minimum atomic E-state index is -0.770. The summed E-state index contributed by atoms with van der Waals surface area (Å²) in [6.45, 7) is -0.0127. The first-order chi connectivity index (χ1) is 7.66. The summed E-state index contributed by atoms with van der Waals surface area (Å²) in [5.41, 5.74) is 0.715. The molecule has 0 saturated carbocycles. The van der Waals surface area contributed by atoms with Gasteiger partial charge in [-0.15, -0.1) is 0 Å². The molecule has 0 aliphatic carbocycles. The Labute approximate surface area is 108 Å². The molecule has 0 radical (unpaired) electrons. The van der Waals surface area contributed by atoms with E-state index >= 15 is 0 Å². The standard InChI is InChI=1S/C12H24N2OS2/c1-16(2,3)12(17(4,5)6)11-13-8-7-10(9-15)14-11/h7-8,12,15H,9H2,1-6H3. The van der Waals surface area contributed by atoms with Crippen LogP contribution in [0, 0.1) is 0 Å². The normalized spacial score (nSPS) is 15.1. The van der Waals surface area contributed by atoms with Gasteiger partial charge in [-0.25, -0.2) is 30.0 Å². The number of rotatable bonds is 4. The van der Waals surface area contributed by atoms with Gasteiger partial charge in [-0.2, -0.15) is 0 Å². The highest BCUT2D eigenvalue weighted by Gasteiger charge is 2.32. The van der Waals surface area contributed by atoms with E-state index in [-0.39, 0.29) is 6.61 Å². The smallest absolute Gasteiger partial charge is 0.148 e. The predicted octanol–water partition coefficient (Wildman–Crippen LogP) is 2.36. The van der Waals surface area contributed by atoms with Gasteiger partial charge in [0.15, 0.2) is 0 Å². The SMILES string of the molecule is CS(C)(C)C(c1nccc(CO)n1)S(C)(C)C. The van der Waals surface area contributed by atoms with Gasteiger partial charge in [0, 0.05) is 6.20 Å². The van der Waals surface area contributed by atoms with Crippen molar-refractivity contribution in [1.29, 1.82) is 0 Å². The molecular formula is C12H24N2OS2. The Hall–Kier alpha value is -0.260. The van der Waals surface area contributed by atoms with E-state index in [1.807, 2.05) is 0 Å². The van der Waals surface area contributed by atoms with Crippen LogP contribution in [0.4, 0.5) is 0 Å². The highest BCUT2D eigenvalue weighted by Crippen LogP contribution is 2.67. The molecule has 1 rings (SSSR count). The van der Waals surface area contributed by atoms with Crippen LogP contribution in [0.15, 0.2) is 12.3 Å². The highest BCUT2D eigenvalue weighted by atomic mass is 32.3. The summed E-state index contributed by atoms with van der Waals surface area (Å²) in [7, 11) is -1.54. The van der Waals surface area contributed by atoms with Crippen LogP contribution in [0.25, 0.3) is 0 Å². The Kier molecular flexibility index (Phi) is 4.49. The van der Waals surface area contributed by atoms with Gasteiger partial charge in [0.1, 0.15) is 5.82 Å². The third-order valence-electron chi connectivity index (χ3n) is 2.39. The van der Waals surface area contributed by atoms with Crippen molar-refractivity contribution in [2.24, 2.45) is 0 Å². The lowest BCUT2D eigenvalue weighted by Crippen LogP contribution is -2.17. The summed E-state index contributed by atoms with van der Waals surface area (Å²) in [4.78, 5) is 8.95. The van der Waals surface area contributed by atoms with E-state index in [0.717, 1.165) is 5.82 Å². The molecular weight excluding hydrogens is 252 g/mol. The molecule has 0 aromatic carbocycles. The molecule has 1 aromatic rings. The molecule has 5 heteroatoms. The van der Waals surface area contributed by atoms with E-state index in [2.05, 4.69) is 47.5 Å². The van der Waals surface area contributed by atoms with Crippen LogP contribution in [0.1, 0.15) is 16.1 Å². The lowest BCUT2D eigenvalue weighted by Gasteiger charge is -2.46. The average Bonchev–Trinajstić information content (AvgIpc) is 2.13. The zero-order valence-corrected chi connectivity index (χ0v) is 13.2. The van der Waals surface area contributed by atoms with E-state index < -0.39 is 20.1 Å². The fourth-order valence-electron chi connectivity index (χ4n) is 2.11. The van der Waals surface area contributed by atoms with Crippen molar-refractivity contribution >= 4 is 20.1 Å². The number of aliphatic hydroxyl groups excluding tert-OH is 1. The molecule has 3 nitrogen and oxygen atoms in total. The molecule has 0 fully saturated rings. The van der Waals surface area contributed by atoms with Crippen molar-refractivity contribution in [3.05, 3.63) is 23.8 Å². The van der Waals surface area contributed by atoms with Crippen LogP contribution in [0.2, 0.25) is 0 Å². The van der Waals surface area contributed by atoms with Gasteiger partial charge in [-0.05, 0) is 43.6 Å². The monoisotopic (exact) mass is 276 g/mol. The molecule has 0 unspecified atom stereocenters. The van der Waals surface area contributed by atoms with Crippen LogP contribution < -0.4 is 0 Å². The molecule has 0 spiro atoms. The molecule has 1 heterocycles. The van der Waals surface area contributed by atoms with Gasteiger partial charge in [-0.1, -0.05) is 0 Å². The van der Waals surface area contributed by atoms with E-state index in [1.54, 1.807) is 12.3 Å². The van der Waals surface area contributed by atoms with Crippen molar-refractivity contribution in [1.82, 2.24) is 9.97 Å². The van der Waals surface area contributed by atoms with Crippen LogP contribution in [0.3, 0.4) is 0 Å². The van der Waals surface area contributed by atoms with Crippen molar-refractivity contribution in [3.8, 4) is 0 Å². The number of aromatic nitrogens is 2. The molecule has 1 aromatic heterocycles. The van der Waals surface area contributed by atoms with Crippen LogP contribution in [-0.4, -0.2) is 52.6 Å². The number of aliphatic hydroxyl groups is 1. The maximum absolute atomic E-state index is 9.17. The Bertz CT molecular complexity index is 369. The molecule has 0 bridgehead atoms. The highest BCUT2D eigenvalue weighted by molar-refractivity contribution is 8.47. The predicted molar refractivity (Wildman–Crippen MR) is 81.4 cm³/mol. The summed E-state index contributed by atoms with van der Waals surface area (Å²) < 4.78 is 0.418. The first-order valence-electron chi connectivity index (χ1n) is 5.43. The van der Waals surface area contributed by atoms with E-state index in [0.29, 0.717) is 10.3 Å². The quantitative estimate of drug-likeness (QED) is 0.918. The van der Waals surface area contributed by atoms with Gasteiger partial charge in [0.2, 0.25) is 0 Å². The number of hydrogen-bond donors (Lipinski definition) is 1. The molecule has 0 aliphatic heterocycles. The Morgan fingerprint density at radius 1 is 1.12 bits per heavy atom. The lowest BCUT2D eigenvalue weighted by molar-refractivity contribution is 0.276. The van der Waals surface area contributed by atoms with Gasteiger partial charge < -0.3 is 5.11 Å². The topological polar surface area (TPSA) is 46.0 Å². The van der Waals surface area contributed by atoms with Crippen molar-refractivity contribution in [2.45, 2.75) is 11.2 Å². The molecule has 17 heavy (non-hydrogen) atoms. The number of hydrogen-bond acceptors (Lipinski definition) is 3. The number of nitrogens with zero attached hydrogens (tertiary/aromatic N) is 2. The minimum Gasteiger partial charge on any atom is -0.390 e. The summed E-state index contributed by atoms with van der Waals surface area (Å²) >= 11 is 0. The van der Waals surface area contributed by atoms with Gasteiger partial charge in [-0.3, -0.25) is 0 Å². The summed E-state index contributed by atoms with van der Waals surface area (Å²) in [6.07, 6.45) is 15.6. The van der Waals surface area contributed by atoms with E-state index in [1.165, 1.54) is 0 Å². The van der Waals surface area contributed by atoms with Crippen LogP contribution in [0.5, 0.6) is 0 Å². The second kappa shape index (κ2) is 5.16. The molecule has 0 saturated heterocycles. The summed E-state index contributed by atoms with van der Waals surface area (Å²) in [5.74, 6) is 0.904. The Morgan fingerprint density at radius 3 is 2.06 bits per heavy atom. The minimum absolute atomic E-state index is 0.0127. The summed E-state index contributed by atoms with van der Waals surface area (Å²) in [5, 5.41) is 9.17. The van der Waals surface area contributed by atoms with Gasteiger partial charge in [0.25, 0.3) is 0 Å².